The van der Waals surface area contributed by atoms with E-state index in [0.717, 1.165) is 22.6 Å². The molecule has 0 aliphatic carbocycles. The quantitative estimate of drug-likeness (QED) is 0.584. The SMILES string of the molecule is CCOC(=O)c1c(NC(=O)COC(=O)c2ccc(S(N)(=O)=O)o2)sc(C)c1CC. The maximum Gasteiger partial charge on any atom is 0.374 e. The van der Waals surface area contributed by atoms with E-state index in [1.54, 1.807) is 6.92 Å². The zero-order chi connectivity index (χ0) is 21.8. The van der Waals surface area contributed by atoms with Crippen molar-refractivity contribution < 1.29 is 36.7 Å². The lowest BCUT2D eigenvalue weighted by Gasteiger charge is -2.08. The summed E-state index contributed by atoms with van der Waals surface area (Å²) in [6.07, 6.45) is 0.576. The highest BCUT2D eigenvalue weighted by atomic mass is 32.2. The Morgan fingerprint density at radius 1 is 1.17 bits per heavy atom. The van der Waals surface area contributed by atoms with Gasteiger partial charge in [-0.3, -0.25) is 4.79 Å². The van der Waals surface area contributed by atoms with Gasteiger partial charge in [-0.05, 0) is 38.0 Å². The third-order valence-corrected chi connectivity index (χ3v) is 5.54. The van der Waals surface area contributed by atoms with Crippen molar-refractivity contribution in [2.75, 3.05) is 18.5 Å². The lowest BCUT2D eigenvalue weighted by atomic mass is 10.1. The van der Waals surface area contributed by atoms with Crippen molar-refractivity contribution in [3.8, 4) is 0 Å². The summed E-state index contributed by atoms with van der Waals surface area (Å²) < 4.78 is 37.0. The molecule has 0 unspecified atom stereocenters. The van der Waals surface area contributed by atoms with Crippen LogP contribution in [-0.2, 0) is 30.7 Å². The Morgan fingerprint density at radius 2 is 1.86 bits per heavy atom. The van der Waals surface area contributed by atoms with Gasteiger partial charge in [-0.25, -0.2) is 23.1 Å². The molecule has 0 aliphatic rings. The summed E-state index contributed by atoms with van der Waals surface area (Å²) in [7, 11) is -4.11. The molecule has 3 N–H and O–H groups in total. The van der Waals surface area contributed by atoms with E-state index in [9.17, 15) is 22.8 Å². The predicted octanol–water partition coefficient (Wildman–Crippen LogP) is 1.83. The number of nitrogens with two attached hydrogens (primary N) is 1. The largest absolute Gasteiger partial charge is 0.462 e. The lowest BCUT2D eigenvalue weighted by Crippen LogP contribution is -2.21. The number of hydrogen-bond acceptors (Lipinski definition) is 9. The van der Waals surface area contributed by atoms with E-state index in [1.165, 1.54) is 11.3 Å². The second kappa shape index (κ2) is 9.20. The van der Waals surface area contributed by atoms with Gasteiger partial charge in [0.05, 0.1) is 12.2 Å². The Hall–Kier alpha value is -2.70. The van der Waals surface area contributed by atoms with Crippen LogP contribution in [-0.4, -0.2) is 39.5 Å². The predicted molar refractivity (Wildman–Crippen MR) is 103 cm³/mol. The van der Waals surface area contributed by atoms with Crippen LogP contribution in [0.1, 0.15) is 45.2 Å². The lowest BCUT2D eigenvalue weighted by molar-refractivity contribution is -0.119. The van der Waals surface area contributed by atoms with Crippen LogP contribution in [0.5, 0.6) is 0 Å². The average molecular weight is 444 g/mol. The van der Waals surface area contributed by atoms with Crippen LogP contribution in [0.2, 0.25) is 0 Å². The van der Waals surface area contributed by atoms with Gasteiger partial charge in [0.2, 0.25) is 10.9 Å². The number of carbonyl (C=O) groups is 3. The summed E-state index contributed by atoms with van der Waals surface area (Å²) in [6, 6.07) is 2.06. The van der Waals surface area contributed by atoms with Crippen molar-refractivity contribution in [2.24, 2.45) is 5.14 Å². The topological polar surface area (TPSA) is 155 Å². The van der Waals surface area contributed by atoms with E-state index < -0.39 is 45.3 Å². The molecule has 2 aromatic heterocycles. The number of hydrogen-bond donors (Lipinski definition) is 2. The third-order valence-electron chi connectivity index (χ3n) is 3.69. The number of ether oxygens (including phenoxy) is 2. The minimum absolute atomic E-state index is 0.186. The maximum atomic E-state index is 12.3. The number of primary sulfonamides is 1. The van der Waals surface area contributed by atoms with Crippen LogP contribution >= 0.6 is 11.3 Å². The van der Waals surface area contributed by atoms with Crippen molar-refractivity contribution in [3.05, 3.63) is 33.9 Å². The minimum atomic E-state index is -4.11. The van der Waals surface area contributed by atoms with E-state index in [1.807, 2.05) is 13.8 Å². The van der Waals surface area contributed by atoms with E-state index in [4.69, 9.17) is 19.0 Å². The number of sulfonamides is 1. The summed E-state index contributed by atoms with van der Waals surface area (Å²) in [6.45, 7) is 4.89. The van der Waals surface area contributed by atoms with Crippen molar-refractivity contribution in [3.63, 3.8) is 0 Å². The normalized spacial score (nSPS) is 11.2. The molecule has 2 rings (SSSR count). The van der Waals surface area contributed by atoms with Gasteiger partial charge in [0.25, 0.3) is 15.9 Å². The molecule has 0 saturated heterocycles. The molecule has 0 radical (unpaired) electrons. The van der Waals surface area contributed by atoms with Crippen LogP contribution in [0.3, 0.4) is 0 Å². The first-order chi connectivity index (χ1) is 13.6. The van der Waals surface area contributed by atoms with Gasteiger partial charge in [0.1, 0.15) is 5.00 Å². The van der Waals surface area contributed by atoms with Crippen LogP contribution < -0.4 is 10.5 Å². The molecule has 0 spiro atoms. The second-order valence-electron chi connectivity index (χ2n) is 5.70. The van der Waals surface area contributed by atoms with Gasteiger partial charge in [0.15, 0.2) is 6.61 Å². The molecule has 0 fully saturated rings. The molecule has 12 heteroatoms. The molecule has 0 bridgehead atoms. The third kappa shape index (κ3) is 5.43. The Labute approximate surface area is 171 Å². The molecule has 2 aromatic rings. The number of nitrogens with one attached hydrogen (secondary N) is 1. The van der Waals surface area contributed by atoms with Gasteiger partial charge in [-0.2, -0.15) is 0 Å². The summed E-state index contributed by atoms with van der Waals surface area (Å²) in [5.41, 5.74) is 1.05. The Balaban J connectivity index is 2.07. The second-order valence-corrected chi connectivity index (χ2v) is 8.42. The summed E-state index contributed by atoms with van der Waals surface area (Å²) in [5.74, 6) is -2.70. The Bertz CT molecular complexity index is 1040. The van der Waals surface area contributed by atoms with Gasteiger partial charge in [-0.1, -0.05) is 6.92 Å². The van der Waals surface area contributed by atoms with Crippen LogP contribution in [0.15, 0.2) is 21.6 Å². The highest BCUT2D eigenvalue weighted by Gasteiger charge is 2.24. The molecular formula is C17H20N2O8S2. The molecule has 2 heterocycles. The fourth-order valence-corrected chi connectivity index (χ4v) is 4.07. The molecule has 0 aromatic carbocycles. The van der Waals surface area contributed by atoms with E-state index in [-0.39, 0.29) is 12.2 Å². The fraction of sp³-hybridized carbons (Fsp3) is 0.353. The molecule has 10 nitrogen and oxygen atoms in total. The van der Waals surface area contributed by atoms with Gasteiger partial charge in [-0.15, -0.1) is 11.3 Å². The van der Waals surface area contributed by atoms with Gasteiger partial charge >= 0.3 is 11.9 Å². The Kier molecular flexibility index (Phi) is 7.16. The number of furan rings is 1. The fourth-order valence-electron chi connectivity index (χ4n) is 2.46. The first kappa shape index (κ1) is 22.6. The molecule has 0 aliphatic heterocycles. The summed E-state index contributed by atoms with van der Waals surface area (Å²) >= 11 is 1.21. The van der Waals surface area contributed by atoms with Crippen molar-refractivity contribution >= 4 is 44.2 Å². The number of aryl methyl sites for hydroxylation is 1. The summed E-state index contributed by atoms with van der Waals surface area (Å²) in [5, 5.41) is 7.12. The van der Waals surface area contributed by atoms with E-state index >= 15 is 0 Å². The van der Waals surface area contributed by atoms with Crippen LogP contribution in [0.25, 0.3) is 0 Å². The van der Waals surface area contributed by atoms with Crippen molar-refractivity contribution in [1.29, 1.82) is 0 Å². The standard InChI is InChI=1S/C17H20N2O8S2/c1-4-10-9(3)28-15(14(10)17(22)25-5-2)19-12(20)8-26-16(21)11-6-7-13(27-11)29(18,23)24/h6-7H,4-5,8H2,1-3H3,(H,19,20)(H2,18,23,24). The van der Waals surface area contributed by atoms with Gasteiger partial charge < -0.3 is 19.2 Å². The number of anilines is 1. The van der Waals surface area contributed by atoms with Crippen LogP contribution in [0, 0.1) is 6.92 Å². The number of amides is 1. The van der Waals surface area contributed by atoms with Crippen LogP contribution in [0.4, 0.5) is 5.00 Å². The highest BCUT2D eigenvalue weighted by Crippen LogP contribution is 2.34. The van der Waals surface area contributed by atoms with E-state index in [0.29, 0.717) is 11.4 Å². The number of rotatable bonds is 8. The number of esters is 2. The number of carbonyl (C=O) groups excluding carboxylic acids is 3. The molecule has 1 amide bonds. The number of thiophene rings is 1. The zero-order valence-electron chi connectivity index (χ0n) is 15.9. The van der Waals surface area contributed by atoms with E-state index in [2.05, 4.69) is 5.32 Å². The molecule has 0 atom stereocenters. The first-order valence-electron chi connectivity index (χ1n) is 8.47. The molecule has 158 valence electrons. The van der Waals surface area contributed by atoms with Gasteiger partial charge in [0, 0.05) is 4.88 Å². The first-order valence-corrected chi connectivity index (χ1v) is 10.8. The zero-order valence-corrected chi connectivity index (χ0v) is 17.6. The minimum Gasteiger partial charge on any atom is -0.462 e. The maximum absolute atomic E-state index is 12.3. The van der Waals surface area contributed by atoms with Crippen molar-refractivity contribution in [1.82, 2.24) is 0 Å². The Morgan fingerprint density at radius 3 is 2.41 bits per heavy atom. The smallest absolute Gasteiger partial charge is 0.374 e. The molecular weight excluding hydrogens is 424 g/mol. The highest BCUT2D eigenvalue weighted by molar-refractivity contribution is 7.89. The van der Waals surface area contributed by atoms with Crippen molar-refractivity contribution in [2.45, 2.75) is 32.3 Å². The molecule has 29 heavy (non-hydrogen) atoms. The molecule has 0 saturated carbocycles. The summed E-state index contributed by atoms with van der Waals surface area (Å²) in [4.78, 5) is 37.2. The average Bonchev–Trinajstić information content (AvgIpc) is 3.24. The monoisotopic (exact) mass is 444 g/mol.